The number of nitrogens with one attached hydrogen (secondary N) is 1. The van der Waals surface area contributed by atoms with E-state index < -0.39 is 18.1 Å². The highest BCUT2D eigenvalue weighted by molar-refractivity contribution is 7.99. The second-order valence-electron chi connectivity index (χ2n) is 7.89. The molecule has 8 heteroatoms. The number of benzene rings is 2. The van der Waals surface area contributed by atoms with Crippen molar-refractivity contribution >= 4 is 29.7 Å². The SMILES string of the molecule is O=C(NCCSCC(=O)N1CCCC1C(=O)O)OCC1c2ccccc2-c2ccccc21. The Balaban J connectivity index is 1.19. The number of hydrogen-bond acceptors (Lipinski definition) is 5. The Labute approximate surface area is 191 Å². The Bertz CT molecular complexity index is 966. The van der Waals surface area contributed by atoms with Crippen molar-refractivity contribution in [1.29, 1.82) is 0 Å². The number of alkyl carbamates (subject to hydrolysis) is 1. The Morgan fingerprint density at radius 1 is 1.06 bits per heavy atom. The Morgan fingerprint density at radius 3 is 2.38 bits per heavy atom. The molecule has 1 unspecified atom stereocenters. The van der Waals surface area contributed by atoms with Crippen molar-refractivity contribution in [2.24, 2.45) is 0 Å². The molecule has 168 valence electrons. The van der Waals surface area contributed by atoms with Crippen LogP contribution in [0.15, 0.2) is 48.5 Å². The first-order valence-electron chi connectivity index (χ1n) is 10.7. The van der Waals surface area contributed by atoms with E-state index in [0.717, 1.165) is 17.5 Å². The number of fused-ring (bicyclic) bond motifs is 3. The van der Waals surface area contributed by atoms with Crippen LogP contribution in [0, 0.1) is 0 Å². The van der Waals surface area contributed by atoms with Gasteiger partial charge < -0.3 is 20.1 Å². The molecule has 2 amide bonds. The van der Waals surface area contributed by atoms with Gasteiger partial charge in [0.25, 0.3) is 0 Å². The largest absolute Gasteiger partial charge is 0.480 e. The summed E-state index contributed by atoms with van der Waals surface area (Å²) < 4.78 is 5.49. The molecule has 1 heterocycles. The summed E-state index contributed by atoms with van der Waals surface area (Å²) in [4.78, 5) is 37.0. The first-order valence-corrected chi connectivity index (χ1v) is 11.9. The fraction of sp³-hybridized carbons (Fsp3) is 0.375. The molecule has 0 radical (unpaired) electrons. The van der Waals surface area contributed by atoms with Gasteiger partial charge >= 0.3 is 12.1 Å². The zero-order valence-electron chi connectivity index (χ0n) is 17.7. The highest BCUT2D eigenvalue weighted by atomic mass is 32.2. The molecule has 1 aliphatic heterocycles. The van der Waals surface area contributed by atoms with E-state index in [-0.39, 0.29) is 24.2 Å². The molecule has 32 heavy (non-hydrogen) atoms. The van der Waals surface area contributed by atoms with E-state index in [1.165, 1.54) is 27.8 Å². The van der Waals surface area contributed by atoms with Gasteiger partial charge in [-0.25, -0.2) is 9.59 Å². The van der Waals surface area contributed by atoms with Gasteiger partial charge in [-0.15, -0.1) is 0 Å². The minimum atomic E-state index is -0.947. The number of carboxylic acids is 1. The molecule has 2 N–H and O–H groups in total. The first kappa shape index (κ1) is 22.2. The summed E-state index contributed by atoms with van der Waals surface area (Å²) in [6, 6.07) is 15.6. The van der Waals surface area contributed by atoms with E-state index >= 15 is 0 Å². The fourth-order valence-electron chi connectivity index (χ4n) is 4.44. The van der Waals surface area contributed by atoms with Gasteiger partial charge in [0.1, 0.15) is 12.6 Å². The minimum absolute atomic E-state index is 0.0165. The van der Waals surface area contributed by atoms with Gasteiger partial charge in [-0.05, 0) is 35.1 Å². The smallest absolute Gasteiger partial charge is 0.407 e. The molecule has 2 aromatic carbocycles. The maximum atomic E-state index is 12.2. The molecular formula is C24H26N2O5S. The third-order valence-corrected chi connectivity index (χ3v) is 6.89. The molecule has 1 aliphatic carbocycles. The van der Waals surface area contributed by atoms with Crippen LogP contribution in [0.4, 0.5) is 4.79 Å². The van der Waals surface area contributed by atoms with Crippen molar-refractivity contribution < 1.29 is 24.2 Å². The Kier molecular flexibility index (Phi) is 6.99. The Morgan fingerprint density at radius 2 is 1.72 bits per heavy atom. The van der Waals surface area contributed by atoms with Crippen molar-refractivity contribution in [2.45, 2.75) is 24.8 Å². The van der Waals surface area contributed by atoms with Gasteiger partial charge in [0.05, 0.1) is 5.75 Å². The van der Waals surface area contributed by atoms with Crippen LogP contribution >= 0.6 is 11.8 Å². The first-order chi connectivity index (χ1) is 15.6. The minimum Gasteiger partial charge on any atom is -0.480 e. The summed E-state index contributed by atoms with van der Waals surface area (Å²) >= 11 is 1.37. The number of carboxylic acid groups (broad SMARTS) is 1. The van der Waals surface area contributed by atoms with E-state index in [1.54, 1.807) is 0 Å². The van der Waals surface area contributed by atoms with E-state index in [1.807, 2.05) is 24.3 Å². The molecular weight excluding hydrogens is 428 g/mol. The van der Waals surface area contributed by atoms with Crippen LogP contribution in [0.3, 0.4) is 0 Å². The third-order valence-electron chi connectivity index (χ3n) is 5.94. The molecule has 1 atom stereocenters. The topological polar surface area (TPSA) is 95.9 Å². The van der Waals surface area contributed by atoms with E-state index in [0.29, 0.717) is 25.3 Å². The number of nitrogens with zero attached hydrogens (tertiary/aromatic N) is 1. The zero-order valence-corrected chi connectivity index (χ0v) is 18.5. The molecule has 2 aromatic rings. The fourth-order valence-corrected chi connectivity index (χ4v) is 5.17. The van der Waals surface area contributed by atoms with Crippen LogP contribution in [0.1, 0.15) is 29.9 Å². The maximum Gasteiger partial charge on any atom is 0.407 e. The number of ether oxygens (including phenoxy) is 1. The summed E-state index contributed by atoms with van der Waals surface area (Å²) in [7, 11) is 0. The van der Waals surface area contributed by atoms with Crippen molar-refractivity contribution in [3.63, 3.8) is 0 Å². The molecule has 1 saturated heterocycles. The second kappa shape index (κ2) is 10.1. The summed E-state index contributed by atoms with van der Waals surface area (Å²) in [5.74, 6) is -0.348. The lowest BCUT2D eigenvalue weighted by molar-refractivity contribution is -0.147. The molecule has 0 aromatic heterocycles. The number of thioether (sulfide) groups is 1. The van der Waals surface area contributed by atoms with Crippen molar-refractivity contribution in [1.82, 2.24) is 10.2 Å². The summed E-state index contributed by atoms with van der Waals surface area (Å²) in [6.45, 7) is 1.13. The van der Waals surface area contributed by atoms with Gasteiger partial charge in [-0.1, -0.05) is 48.5 Å². The van der Waals surface area contributed by atoms with Crippen molar-refractivity contribution in [3.8, 4) is 11.1 Å². The lowest BCUT2D eigenvalue weighted by atomic mass is 9.98. The number of aliphatic carboxylic acids is 1. The third kappa shape index (κ3) is 4.75. The van der Waals surface area contributed by atoms with Crippen LogP contribution in [-0.2, 0) is 14.3 Å². The van der Waals surface area contributed by atoms with Crippen molar-refractivity contribution in [2.75, 3.05) is 31.2 Å². The normalized spacial score (nSPS) is 17.0. The molecule has 4 rings (SSSR count). The number of carbonyl (C=O) groups excluding carboxylic acids is 2. The highest BCUT2D eigenvalue weighted by Gasteiger charge is 2.33. The van der Waals surface area contributed by atoms with Gasteiger partial charge in [0, 0.05) is 24.8 Å². The summed E-state index contributed by atoms with van der Waals surface area (Å²) in [5.41, 5.74) is 4.69. The van der Waals surface area contributed by atoms with Gasteiger partial charge in [0.2, 0.25) is 5.91 Å². The number of rotatable bonds is 8. The lowest BCUT2D eigenvalue weighted by Crippen LogP contribution is -2.41. The monoisotopic (exact) mass is 454 g/mol. The zero-order chi connectivity index (χ0) is 22.5. The summed E-state index contributed by atoms with van der Waals surface area (Å²) in [5, 5.41) is 11.9. The van der Waals surface area contributed by atoms with E-state index in [9.17, 15) is 19.5 Å². The number of likely N-dealkylation sites (tertiary alicyclic amines) is 1. The van der Waals surface area contributed by atoms with Crippen LogP contribution in [0.5, 0.6) is 0 Å². The van der Waals surface area contributed by atoms with Crippen LogP contribution in [0.2, 0.25) is 0 Å². The average Bonchev–Trinajstić information content (AvgIpc) is 3.41. The summed E-state index contributed by atoms with van der Waals surface area (Å²) in [6.07, 6.45) is 0.746. The van der Waals surface area contributed by atoms with E-state index in [2.05, 4.69) is 29.6 Å². The molecule has 0 bridgehead atoms. The maximum absolute atomic E-state index is 12.2. The predicted molar refractivity (Wildman–Crippen MR) is 123 cm³/mol. The van der Waals surface area contributed by atoms with Crippen LogP contribution in [0.25, 0.3) is 11.1 Å². The molecule has 0 saturated carbocycles. The predicted octanol–water partition coefficient (Wildman–Crippen LogP) is 3.33. The van der Waals surface area contributed by atoms with Gasteiger partial charge in [-0.2, -0.15) is 11.8 Å². The molecule has 2 aliphatic rings. The lowest BCUT2D eigenvalue weighted by Gasteiger charge is -2.21. The number of hydrogen-bond donors (Lipinski definition) is 2. The molecule has 1 fully saturated rings. The quantitative estimate of drug-likeness (QED) is 0.594. The van der Waals surface area contributed by atoms with Crippen molar-refractivity contribution in [3.05, 3.63) is 59.7 Å². The average molecular weight is 455 g/mol. The molecule has 7 nitrogen and oxygen atoms in total. The molecule has 0 spiro atoms. The number of carbonyl (C=O) groups is 3. The highest BCUT2D eigenvalue weighted by Crippen LogP contribution is 2.44. The standard InChI is InChI=1S/C24H26N2O5S/c27-22(26-12-5-10-21(26)23(28)29)15-32-13-11-25-24(30)31-14-20-18-8-3-1-6-16(18)17-7-2-4-9-19(17)20/h1-4,6-9,20-21H,5,10-15H2,(H,25,30)(H,28,29). The van der Waals surface area contributed by atoms with Gasteiger partial charge in [0.15, 0.2) is 0 Å². The number of amides is 2. The Hall–Kier alpha value is -3.00. The van der Waals surface area contributed by atoms with E-state index in [4.69, 9.17) is 4.74 Å². The van der Waals surface area contributed by atoms with Crippen LogP contribution < -0.4 is 5.32 Å². The second-order valence-corrected chi connectivity index (χ2v) is 8.99. The van der Waals surface area contributed by atoms with Gasteiger partial charge in [-0.3, -0.25) is 4.79 Å². The van der Waals surface area contributed by atoms with Crippen LogP contribution in [-0.4, -0.2) is 65.2 Å².